The highest BCUT2D eigenvalue weighted by Gasteiger charge is 2.17. The Kier molecular flexibility index (Phi) is 9.52. The van der Waals surface area contributed by atoms with Gasteiger partial charge >= 0.3 is 11.9 Å². The minimum Gasteiger partial charge on any atom is -0.480 e. The molecule has 0 bridgehead atoms. The number of rotatable bonds is 10. The van der Waals surface area contributed by atoms with Crippen LogP contribution < -0.4 is 10.5 Å². The zero-order valence-electron chi connectivity index (χ0n) is 19.0. The number of allylic oxidation sites excluding steroid dienone is 3. The molecule has 0 saturated heterocycles. The smallest absolute Gasteiger partial charge is 0.343 e. The van der Waals surface area contributed by atoms with Gasteiger partial charge in [0.05, 0.1) is 5.56 Å². The fraction of sp³-hybridized carbons (Fsp3) is 0.154. The van der Waals surface area contributed by atoms with Crippen molar-refractivity contribution in [3.8, 4) is 5.75 Å². The second-order valence-corrected chi connectivity index (χ2v) is 7.31. The SMILES string of the molecule is CC=CC=CCN(CC(=O)O)C(=O)/C(C)=C/c1ccc(C(=O)Oc2ccc(C(=N)N)cc2)cc1. The fourth-order valence-corrected chi connectivity index (χ4v) is 2.91. The van der Waals surface area contributed by atoms with Gasteiger partial charge in [-0.2, -0.15) is 0 Å². The number of amidine groups is 1. The third kappa shape index (κ3) is 7.90. The summed E-state index contributed by atoms with van der Waals surface area (Å²) in [4.78, 5) is 37.5. The zero-order chi connectivity index (χ0) is 25.1. The first kappa shape index (κ1) is 25.8. The molecule has 0 heterocycles. The summed E-state index contributed by atoms with van der Waals surface area (Å²) >= 11 is 0. The molecule has 176 valence electrons. The van der Waals surface area contributed by atoms with E-state index < -0.39 is 24.4 Å². The molecule has 4 N–H and O–H groups in total. The average molecular weight is 462 g/mol. The van der Waals surface area contributed by atoms with Gasteiger partial charge in [0.1, 0.15) is 18.1 Å². The van der Waals surface area contributed by atoms with E-state index in [4.69, 9.17) is 21.0 Å². The van der Waals surface area contributed by atoms with Crippen molar-refractivity contribution in [2.75, 3.05) is 13.1 Å². The first-order chi connectivity index (χ1) is 16.2. The minimum absolute atomic E-state index is 0.0773. The summed E-state index contributed by atoms with van der Waals surface area (Å²) in [5.74, 6) is -1.81. The van der Waals surface area contributed by atoms with Crippen molar-refractivity contribution in [2.45, 2.75) is 13.8 Å². The lowest BCUT2D eigenvalue weighted by atomic mass is 10.1. The Hall–Kier alpha value is -4.46. The number of hydrogen-bond donors (Lipinski definition) is 3. The van der Waals surface area contributed by atoms with E-state index in [-0.39, 0.29) is 12.4 Å². The number of hydrogen-bond acceptors (Lipinski definition) is 5. The normalized spacial score (nSPS) is 11.5. The highest BCUT2D eigenvalue weighted by Crippen LogP contribution is 2.16. The summed E-state index contributed by atoms with van der Waals surface area (Å²) < 4.78 is 5.32. The summed E-state index contributed by atoms with van der Waals surface area (Å²) in [6.45, 7) is 3.22. The lowest BCUT2D eigenvalue weighted by molar-refractivity contribution is -0.142. The minimum atomic E-state index is -1.10. The lowest BCUT2D eigenvalue weighted by Crippen LogP contribution is -2.36. The van der Waals surface area contributed by atoms with Gasteiger partial charge in [-0.15, -0.1) is 0 Å². The topological polar surface area (TPSA) is 134 Å². The molecule has 2 aromatic carbocycles. The number of esters is 1. The fourth-order valence-electron chi connectivity index (χ4n) is 2.91. The van der Waals surface area contributed by atoms with E-state index in [1.807, 2.05) is 13.0 Å². The number of carboxylic acids is 1. The maximum atomic E-state index is 12.7. The Balaban J connectivity index is 2.08. The molecule has 0 aliphatic heterocycles. The molecule has 0 atom stereocenters. The molecule has 2 rings (SSSR count). The molecule has 0 aliphatic rings. The zero-order valence-corrected chi connectivity index (χ0v) is 19.0. The van der Waals surface area contributed by atoms with Crippen molar-refractivity contribution in [3.63, 3.8) is 0 Å². The Morgan fingerprint density at radius 2 is 1.65 bits per heavy atom. The van der Waals surface area contributed by atoms with E-state index in [1.54, 1.807) is 79.8 Å². The van der Waals surface area contributed by atoms with Crippen LogP contribution in [0.3, 0.4) is 0 Å². The molecule has 8 nitrogen and oxygen atoms in total. The molecule has 0 saturated carbocycles. The van der Waals surface area contributed by atoms with Crippen LogP contribution in [0.25, 0.3) is 6.08 Å². The van der Waals surface area contributed by atoms with Crippen LogP contribution in [-0.2, 0) is 9.59 Å². The maximum Gasteiger partial charge on any atom is 0.343 e. The van der Waals surface area contributed by atoms with Crippen molar-refractivity contribution >= 4 is 29.8 Å². The van der Waals surface area contributed by atoms with Crippen LogP contribution in [0.2, 0.25) is 0 Å². The first-order valence-electron chi connectivity index (χ1n) is 10.4. The van der Waals surface area contributed by atoms with Gasteiger partial charge in [-0.05, 0) is 61.9 Å². The Bertz CT molecular complexity index is 1130. The second kappa shape index (κ2) is 12.5. The van der Waals surface area contributed by atoms with Crippen LogP contribution in [-0.4, -0.2) is 46.8 Å². The third-order valence-electron chi connectivity index (χ3n) is 4.62. The van der Waals surface area contributed by atoms with Crippen LogP contribution in [0.5, 0.6) is 5.75 Å². The van der Waals surface area contributed by atoms with Crippen LogP contribution in [0, 0.1) is 5.41 Å². The van der Waals surface area contributed by atoms with Gasteiger partial charge in [-0.25, -0.2) is 4.79 Å². The Labute approximate surface area is 198 Å². The van der Waals surface area contributed by atoms with E-state index in [1.165, 1.54) is 4.90 Å². The van der Waals surface area contributed by atoms with E-state index in [9.17, 15) is 14.4 Å². The highest BCUT2D eigenvalue weighted by molar-refractivity contribution is 5.99. The molecular weight excluding hydrogens is 434 g/mol. The number of ether oxygens (including phenoxy) is 1. The number of nitrogens with zero attached hydrogens (tertiary/aromatic N) is 1. The van der Waals surface area contributed by atoms with Crippen molar-refractivity contribution in [1.29, 1.82) is 5.41 Å². The predicted octanol–water partition coefficient (Wildman–Crippen LogP) is 3.64. The number of benzene rings is 2. The number of nitrogens with two attached hydrogens (primary N) is 1. The lowest BCUT2D eigenvalue weighted by Gasteiger charge is -2.19. The van der Waals surface area contributed by atoms with Gasteiger partial charge in [0.15, 0.2) is 0 Å². The number of nitrogen functional groups attached to an aromatic ring is 1. The van der Waals surface area contributed by atoms with Gasteiger partial charge < -0.3 is 20.5 Å². The average Bonchev–Trinajstić information content (AvgIpc) is 2.81. The van der Waals surface area contributed by atoms with E-state index in [2.05, 4.69) is 0 Å². The van der Waals surface area contributed by atoms with Gasteiger partial charge in [0.25, 0.3) is 0 Å². The number of carbonyl (C=O) groups excluding carboxylic acids is 2. The number of nitrogens with one attached hydrogen (secondary N) is 1. The molecule has 0 aliphatic carbocycles. The van der Waals surface area contributed by atoms with Crippen molar-refractivity contribution in [3.05, 3.63) is 95.1 Å². The van der Waals surface area contributed by atoms with Crippen LogP contribution in [0.1, 0.15) is 35.3 Å². The number of carbonyl (C=O) groups is 3. The number of carboxylic acid groups (broad SMARTS) is 1. The van der Waals surface area contributed by atoms with Crippen LogP contribution >= 0.6 is 0 Å². The van der Waals surface area contributed by atoms with E-state index in [0.717, 1.165) is 0 Å². The van der Waals surface area contributed by atoms with Crippen LogP contribution in [0.4, 0.5) is 0 Å². The second-order valence-electron chi connectivity index (χ2n) is 7.31. The number of aliphatic carboxylic acids is 1. The predicted molar refractivity (Wildman–Crippen MR) is 131 cm³/mol. The summed E-state index contributed by atoms with van der Waals surface area (Å²) in [7, 11) is 0. The van der Waals surface area contributed by atoms with Crippen molar-refractivity contribution in [2.24, 2.45) is 5.73 Å². The molecule has 0 radical (unpaired) electrons. The summed E-state index contributed by atoms with van der Waals surface area (Å²) in [6.07, 6.45) is 8.70. The van der Waals surface area contributed by atoms with Crippen molar-refractivity contribution in [1.82, 2.24) is 4.90 Å². The van der Waals surface area contributed by atoms with Gasteiger partial charge in [-0.3, -0.25) is 15.0 Å². The van der Waals surface area contributed by atoms with Crippen LogP contribution in [0.15, 0.2) is 78.4 Å². The van der Waals surface area contributed by atoms with E-state index in [0.29, 0.717) is 28.0 Å². The Morgan fingerprint density at radius 3 is 2.21 bits per heavy atom. The Morgan fingerprint density at radius 1 is 1.03 bits per heavy atom. The molecule has 8 heteroatoms. The molecule has 34 heavy (non-hydrogen) atoms. The largest absolute Gasteiger partial charge is 0.480 e. The monoisotopic (exact) mass is 461 g/mol. The third-order valence-corrected chi connectivity index (χ3v) is 4.62. The number of amides is 1. The van der Waals surface area contributed by atoms with Crippen molar-refractivity contribution < 1.29 is 24.2 Å². The molecule has 0 aromatic heterocycles. The summed E-state index contributed by atoms with van der Waals surface area (Å²) in [5.41, 5.74) is 7.29. The quantitative estimate of drug-likeness (QED) is 0.124. The standard InChI is InChI=1S/C26H27N3O5/c1-3-4-5-6-15-29(17-23(30)31)25(32)18(2)16-19-7-9-21(10-8-19)26(33)34-22-13-11-20(12-14-22)24(27)28/h3-14,16H,15,17H2,1-2H3,(H3,27,28)(H,30,31)/b4-3?,6-5?,18-16+. The van der Waals surface area contributed by atoms with Gasteiger partial charge in [0, 0.05) is 17.7 Å². The first-order valence-corrected chi connectivity index (χ1v) is 10.4. The maximum absolute atomic E-state index is 12.7. The molecular formula is C26H27N3O5. The summed E-state index contributed by atoms with van der Waals surface area (Å²) in [6, 6.07) is 12.8. The molecule has 1 amide bonds. The highest BCUT2D eigenvalue weighted by atomic mass is 16.5. The van der Waals surface area contributed by atoms with E-state index >= 15 is 0 Å². The summed E-state index contributed by atoms with van der Waals surface area (Å²) in [5, 5.41) is 16.5. The molecule has 0 spiro atoms. The van der Waals surface area contributed by atoms with Gasteiger partial charge in [-0.1, -0.05) is 36.4 Å². The molecule has 0 unspecified atom stereocenters. The molecule has 0 fully saturated rings. The van der Waals surface area contributed by atoms with Gasteiger partial charge in [0.2, 0.25) is 5.91 Å². The molecule has 2 aromatic rings.